The van der Waals surface area contributed by atoms with Crippen LogP contribution in [0.25, 0.3) is 0 Å². The monoisotopic (exact) mass is 381 g/mol. The molecule has 5 nitrogen and oxygen atoms in total. The van der Waals surface area contributed by atoms with Gasteiger partial charge in [-0.15, -0.1) is 0 Å². The lowest BCUT2D eigenvalue weighted by Gasteiger charge is -2.41. The first-order valence-corrected chi connectivity index (χ1v) is 12.5. The van der Waals surface area contributed by atoms with Crippen LogP contribution < -0.4 is 0 Å². The molecule has 1 heterocycles. The number of amides is 1. The van der Waals surface area contributed by atoms with Crippen LogP contribution in [0.1, 0.15) is 54.4 Å². The van der Waals surface area contributed by atoms with E-state index in [1.54, 1.807) is 11.0 Å². The first-order chi connectivity index (χ1) is 11.7. The molecule has 1 amide bonds. The molecular weight excluding hydrogens is 346 g/mol. The molecule has 148 valence electrons. The van der Waals surface area contributed by atoms with Gasteiger partial charge in [0.15, 0.2) is 14.1 Å². The minimum atomic E-state index is -1.95. The smallest absolute Gasteiger partial charge is 0.411 e. The van der Waals surface area contributed by atoms with E-state index in [2.05, 4.69) is 33.9 Å². The summed E-state index contributed by atoms with van der Waals surface area (Å²) in [6.07, 6.45) is 3.48. The zero-order chi connectivity index (χ0) is 19.9. The first kappa shape index (κ1) is 21.2. The van der Waals surface area contributed by atoms with E-state index in [9.17, 15) is 9.59 Å². The minimum absolute atomic E-state index is 0.0265. The third-order valence-corrected chi connectivity index (χ3v) is 10.0. The van der Waals surface area contributed by atoms with Gasteiger partial charge in [0, 0.05) is 0 Å². The maximum Gasteiger partial charge on any atom is 0.411 e. The van der Waals surface area contributed by atoms with E-state index in [4.69, 9.17) is 9.16 Å². The summed E-state index contributed by atoms with van der Waals surface area (Å²) in [5.74, 6) is 0.374. The van der Waals surface area contributed by atoms with Crippen molar-refractivity contribution in [3.05, 3.63) is 11.6 Å². The molecule has 1 atom stereocenters. The van der Waals surface area contributed by atoms with Crippen molar-refractivity contribution < 1.29 is 18.8 Å². The molecule has 0 aromatic heterocycles. The number of hydrogen-bond acceptors (Lipinski definition) is 4. The summed E-state index contributed by atoms with van der Waals surface area (Å²) in [6.45, 7) is 17.0. The highest BCUT2D eigenvalue weighted by molar-refractivity contribution is 6.74. The molecule has 0 aromatic carbocycles. The molecule has 26 heavy (non-hydrogen) atoms. The summed E-state index contributed by atoms with van der Waals surface area (Å²) < 4.78 is 12.0. The lowest BCUT2D eigenvalue weighted by atomic mass is 9.96. The zero-order valence-electron chi connectivity index (χ0n) is 17.6. The van der Waals surface area contributed by atoms with Crippen molar-refractivity contribution in [3.63, 3.8) is 0 Å². The van der Waals surface area contributed by atoms with Crippen molar-refractivity contribution in [1.29, 1.82) is 0 Å². The second-order valence-corrected chi connectivity index (χ2v) is 14.9. The van der Waals surface area contributed by atoms with Crippen LogP contribution in [0.4, 0.5) is 4.79 Å². The standard InChI is InChI=1S/C20H35NO4Si/c1-19(2,3)25-18(23)21-12-15(22)11-16(14-9-10-14)17(21)13-24-26(7,8)20(4,5)6/h11,14,17H,9-10,12-13H2,1-8H3. The van der Waals surface area contributed by atoms with E-state index >= 15 is 0 Å². The average molecular weight is 382 g/mol. The predicted octanol–water partition coefficient (Wildman–Crippen LogP) is 4.53. The fourth-order valence-electron chi connectivity index (χ4n) is 2.79. The quantitative estimate of drug-likeness (QED) is 0.671. The van der Waals surface area contributed by atoms with Gasteiger partial charge in [-0.05, 0) is 69.3 Å². The highest BCUT2D eigenvalue weighted by Crippen LogP contribution is 2.42. The molecule has 1 aliphatic carbocycles. The van der Waals surface area contributed by atoms with Crippen molar-refractivity contribution in [2.75, 3.05) is 13.2 Å². The molecule has 2 aliphatic rings. The average Bonchev–Trinajstić information content (AvgIpc) is 3.26. The molecule has 1 saturated carbocycles. The number of carbonyl (C=O) groups is 2. The predicted molar refractivity (Wildman–Crippen MR) is 106 cm³/mol. The summed E-state index contributed by atoms with van der Waals surface area (Å²) in [5.41, 5.74) is 0.456. The Morgan fingerprint density at radius 2 is 1.77 bits per heavy atom. The van der Waals surface area contributed by atoms with Gasteiger partial charge in [-0.25, -0.2) is 4.79 Å². The Morgan fingerprint density at radius 1 is 1.19 bits per heavy atom. The van der Waals surface area contributed by atoms with Crippen LogP contribution in [0.15, 0.2) is 11.6 Å². The number of nitrogens with zero attached hydrogens (tertiary/aromatic N) is 1. The number of hydrogen-bond donors (Lipinski definition) is 0. The van der Waals surface area contributed by atoms with Gasteiger partial charge < -0.3 is 9.16 Å². The largest absolute Gasteiger partial charge is 0.444 e. The molecule has 1 fully saturated rings. The number of carbonyl (C=O) groups excluding carboxylic acids is 2. The van der Waals surface area contributed by atoms with Gasteiger partial charge in [-0.3, -0.25) is 9.69 Å². The molecule has 0 aromatic rings. The Bertz CT molecular complexity index is 594. The SMILES string of the molecule is CC(C)(C)OC(=O)N1CC(=O)C=C(C2CC2)C1CO[Si](C)(C)C(C)(C)C. The van der Waals surface area contributed by atoms with Gasteiger partial charge >= 0.3 is 6.09 Å². The van der Waals surface area contributed by atoms with E-state index < -0.39 is 20.0 Å². The van der Waals surface area contributed by atoms with E-state index in [0.717, 1.165) is 18.4 Å². The van der Waals surface area contributed by atoms with E-state index in [0.29, 0.717) is 12.5 Å². The maximum atomic E-state index is 12.8. The Morgan fingerprint density at radius 3 is 2.23 bits per heavy atom. The highest BCUT2D eigenvalue weighted by atomic mass is 28.4. The molecule has 6 heteroatoms. The Hall–Kier alpha value is -1.14. The fourth-order valence-corrected chi connectivity index (χ4v) is 3.80. The third kappa shape index (κ3) is 5.19. The zero-order valence-corrected chi connectivity index (χ0v) is 18.6. The second-order valence-electron chi connectivity index (χ2n) is 10.1. The Balaban J connectivity index is 2.23. The number of ketones is 1. The van der Waals surface area contributed by atoms with Gasteiger partial charge in [0.05, 0.1) is 19.2 Å². The van der Waals surface area contributed by atoms with Gasteiger partial charge in [-0.1, -0.05) is 20.8 Å². The second kappa shape index (κ2) is 7.11. The van der Waals surface area contributed by atoms with Crippen molar-refractivity contribution in [2.45, 2.75) is 84.2 Å². The van der Waals surface area contributed by atoms with Gasteiger partial charge in [0.2, 0.25) is 0 Å². The summed E-state index contributed by atoms with van der Waals surface area (Å²) in [5, 5.41) is 0.0949. The van der Waals surface area contributed by atoms with Gasteiger partial charge in [-0.2, -0.15) is 0 Å². The van der Waals surface area contributed by atoms with Crippen molar-refractivity contribution in [3.8, 4) is 0 Å². The van der Waals surface area contributed by atoms with E-state index in [-0.39, 0.29) is 23.4 Å². The molecule has 0 N–H and O–H groups in total. The molecular formula is C20H35NO4Si. The summed E-state index contributed by atoms with van der Waals surface area (Å²) in [7, 11) is -1.95. The molecule has 0 radical (unpaired) electrons. The van der Waals surface area contributed by atoms with Gasteiger partial charge in [0.1, 0.15) is 5.60 Å². The molecule has 1 aliphatic heterocycles. The summed E-state index contributed by atoms with van der Waals surface area (Å²) >= 11 is 0. The summed E-state index contributed by atoms with van der Waals surface area (Å²) in [6, 6.07) is -0.204. The van der Waals surface area contributed by atoms with Crippen LogP contribution >= 0.6 is 0 Å². The molecule has 1 unspecified atom stereocenters. The van der Waals surface area contributed by atoms with Crippen molar-refractivity contribution in [2.24, 2.45) is 5.92 Å². The molecule has 2 rings (SSSR count). The molecule has 0 spiro atoms. The topological polar surface area (TPSA) is 55.8 Å². The number of rotatable bonds is 4. The highest BCUT2D eigenvalue weighted by Gasteiger charge is 2.43. The fraction of sp³-hybridized carbons (Fsp3) is 0.800. The lowest BCUT2D eigenvalue weighted by Crippen LogP contribution is -2.53. The van der Waals surface area contributed by atoms with Crippen LogP contribution in [0.5, 0.6) is 0 Å². The van der Waals surface area contributed by atoms with Gasteiger partial charge in [0.25, 0.3) is 0 Å². The van der Waals surface area contributed by atoms with Crippen LogP contribution in [-0.4, -0.2) is 49.9 Å². The normalized spacial score (nSPS) is 22.3. The lowest BCUT2D eigenvalue weighted by molar-refractivity contribution is -0.117. The third-order valence-electron chi connectivity index (χ3n) is 5.50. The Kier molecular flexibility index (Phi) is 5.79. The maximum absolute atomic E-state index is 12.8. The molecule has 0 bridgehead atoms. The molecule has 0 saturated heterocycles. The Labute approximate surface area is 159 Å². The number of ether oxygens (including phenoxy) is 1. The van der Waals surface area contributed by atoms with Crippen LogP contribution in [0.3, 0.4) is 0 Å². The first-order valence-electron chi connectivity index (χ1n) is 9.59. The van der Waals surface area contributed by atoms with Crippen molar-refractivity contribution in [1.82, 2.24) is 4.90 Å². The van der Waals surface area contributed by atoms with E-state index in [1.807, 2.05) is 20.8 Å². The van der Waals surface area contributed by atoms with E-state index in [1.165, 1.54) is 0 Å². The van der Waals surface area contributed by atoms with Crippen LogP contribution in [-0.2, 0) is 14.0 Å². The van der Waals surface area contributed by atoms with Crippen LogP contribution in [0.2, 0.25) is 18.1 Å². The summed E-state index contributed by atoms with van der Waals surface area (Å²) in [4.78, 5) is 26.6. The van der Waals surface area contributed by atoms with Crippen LogP contribution in [0, 0.1) is 5.92 Å². The minimum Gasteiger partial charge on any atom is -0.444 e. The van der Waals surface area contributed by atoms with Crippen molar-refractivity contribution >= 4 is 20.2 Å².